The Hall–Kier alpha value is -1.18. The summed E-state index contributed by atoms with van der Waals surface area (Å²) >= 11 is 0. The van der Waals surface area contributed by atoms with Crippen LogP contribution in [-0.4, -0.2) is 48.8 Å². The van der Waals surface area contributed by atoms with Gasteiger partial charge in [0.2, 0.25) is 0 Å². The summed E-state index contributed by atoms with van der Waals surface area (Å²) in [6.07, 6.45) is 4.83. The smallest absolute Gasteiger partial charge is 0.282 e. The normalized spacial score (nSPS) is 31.0. The number of halogens is 1. The van der Waals surface area contributed by atoms with Crippen molar-refractivity contribution in [2.24, 2.45) is 5.92 Å². The molecule has 0 amide bonds. The van der Waals surface area contributed by atoms with Crippen LogP contribution in [0.5, 0.6) is 5.75 Å². The molecule has 4 rings (SSSR count). The average Bonchev–Trinajstić information content (AvgIpc) is 3.30. The number of rotatable bonds is 5. The lowest BCUT2D eigenvalue weighted by atomic mass is 10.0. The molecule has 3 atom stereocenters. The molecule has 0 radical (unpaired) electrons. The molecule has 132 valence electrons. The van der Waals surface area contributed by atoms with Crippen molar-refractivity contribution in [3.05, 3.63) is 30.1 Å². The van der Waals surface area contributed by atoms with Gasteiger partial charge in [-0.3, -0.25) is 0 Å². The van der Waals surface area contributed by atoms with Crippen LogP contribution >= 0.6 is 0 Å². The molecule has 5 nitrogen and oxygen atoms in total. The standard InChI is InChI=1S/C17H23FN2O3S/c18-14-4-7-16(8-5-14)23-12-17-13-3-6-15(11-13)20(17)24(21,22)19-9-1-2-10-19/h4-5,7-8,13,15,17H,1-3,6,9-12H2/t13-,15-,17+/m0/s1. The van der Waals surface area contributed by atoms with Crippen LogP contribution in [0.15, 0.2) is 24.3 Å². The number of piperidine rings is 1. The zero-order valence-corrected chi connectivity index (χ0v) is 14.4. The van der Waals surface area contributed by atoms with E-state index in [4.69, 9.17) is 4.74 Å². The quantitative estimate of drug-likeness (QED) is 0.816. The number of nitrogens with zero attached hydrogens (tertiary/aromatic N) is 2. The highest BCUT2D eigenvalue weighted by molar-refractivity contribution is 7.86. The second-order valence-corrected chi connectivity index (χ2v) is 8.84. The molecule has 1 aromatic carbocycles. The van der Waals surface area contributed by atoms with E-state index in [2.05, 4.69) is 0 Å². The van der Waals surface area contributed by atoms with Crippen molar-refractivity contribution in [2.75, 3.05) is 19.7 Å². The Morgan fingerprint density at radius 2 is 1.83 bits per heavy atom. The molecular weight excluding hydrogens is 331 g/mol. The van der Waals surface area contributed by atoms with Crippen molar-refractivity contribution >= 4 is 10.2 Å². The van der Waals surface area contributed by atoms with Crippen LogP contribution in [0.1, 0.15) is 32.1 Å². The summed E-state index contributed by atoms with van der Waals surface area (Å²) in [6, 6.07) is 5.88. The van der Waals surface area contributed by atoms with E-state index in [9.17, 15) is 12.8 Å². The first-order chi connectivity index (χ1) is 11.6. The van der Waals surface area contributed by atoms with Crippen LogP contribution in [-0.2, 0) is 10.2 Å². The molecule has 2 bridgehead atoms. The highest BCUT2D eigenvalue weighted by Crippen LogP contribution is 2.45. The highest BCUT2D eigenvalue weighted by Gasteiger charge is 2.53. The van der Waals surface area contributed by atoms with Gasteiger partial charge in [-0.25, -0.2) is 4.39 Å². The molecule has 0 unspecified atom stereocenters. The molecule has 1 aromatic rings. The van der Waals surface area contributed by atoms with Crippen molar-refractivity contribution < 1.29 is 17.5 Å². The second-order valence-electron chi connectivity index (χ2n) is 7.00. The van der Waals surface area contributed by atoms with Gasteiger partial charge in [0.25, 0.3) is 10.2 Å². The Balaban J connectivity index is 1.51. The molecule has 2 saturated heterocycles. The minimum absolute atomic E-state index is 0.112. The minimum Gasteiger partial charge on any atom is -0.492 e. The van der Waals surface area contributed by atoms with Crippen molar-refractivity contribution in [1.29, 1.82) is 0 Å². The van der Waals surface area contributed by atoms with Gasteiger partial charge in [0.15, 0.2) is 0 Å². The minimum atomic E-state index is -3.40. The Kier molecular flexibility index (Phi) is 4.26. The van der Waals surface area contributed by atoms with E-state index in [-0.39, 0.29) is 17.9 Å². The molecule has 2 heterocycles. The van der Waals surface area contributed by atoms with Gasteiger partial charge in [0, 0.05) is 19.1 Å². The van der Waals surface area contributed by atoms with E-state index in [1.54, 1.807) is 20.7 Å². The maximum Gasteiger partial charge on any atom is 0.282 e. The van der Waals surface area contributed by atoms with Crippen molar-refractivity contribution in [2.45, 2.75) is 44.2 Å². The number of benzene rings is 1. The first kappa shape index (κ1) is 16.3. The Labute approximate surface area is 142 Å². The Morgan fingerprint density at radius 1 is 1.12 bits per heavy atom. The maximum absolute atomic E-state index is 13.0. The third-order valence-electron chi connectivity index (χ3n) is 5.57. The van der Waals surface area contributed by atoms with Crippen LogP contribution < -0.4 is 4.74 Å². The number of hydrogen-bond donors (Lipinski definition) is 0. The van der Waals surface area contributed by atoms with Crippen molar-refractivity contribution in [1.82, 2.24) is 8.61 Å². The lowest BCUT2D eigenvalue weighted by Crippen LogP contribution is -2.52. The van der Waals surface area contributed by atoms with Crippen molar-refractivity contribution in [3.8, 4) is 5.75 Å². The number of ether oxygens (including phenoxy) is 1. The summed E-state index contributed by atoms with van der Waals surface area (Å²) in [6.45, 7) is 1.59. The summed E-state index contributed by atoms with van der Waals surface area (Å²) in [5.74, 6) is 0.644. The fourth-order valence-corrected chi connectivity index (χ4v) is 6.51. The summed E-state index contributed by atoms with van der Waals surface area (Å²) in [5.41, 5.74) is 0. The van der Waals surface area contributed by atoms with Gasteiger partial charge in [-0.05, 0) is 62.3 Å². The Bertz CT molecular complexity index is 688. The lowest BCUT2D eigenvalue weighted by molar-refractivity contribution is 0.156. The van der Waals surface area contributed by atoms with Gasteiger partial charge in [0.05, 0.1) is 6.04 Å². The van der Waals surface area contributed by atoms with Gasteiger partial charge in [-0.15, -0.1) is 0 Å². The van der Waals surface area contributed by atoms with E-state index in [0.29, 0.717) is 31.4 Å². The van der Waals surface area contributed by atoms with Crippen LogP contribution in [0.2, 0.25) is 0 Å². The predicted octanol–water partition coefficient (Wildman–Crippen LogP) is 2.40. The van der Waals surface area contributed by atoms with Gasteiger partial charge in [-0.2, -0.15) is 17.0 Å². The van der Waals surface area contributed by atoms with E-state index >= 15 is 0 Å². The molecule has 0 aromatic heterocycles. The fourth-order valence-electron chi connectivity index (χ4n) is 4.38. The summed E-state index contributed by atoms with van der Waals surface area (Å²) < 4.78 is 48.2. The zero-order valence-electron chi connectivity index (χ0n) is 13.6. The van der Waals surface area contributed by atoms with Gasteiger partial charge < -0.3 is 4.74 Å². The maximum atomic E-state index is 13.0. The van der Waals surface area contributed by atoms with Crippen LogP contribution in [0, 0.1) is 11.7 Å². The fraction of sp³-hybridized carbons (Fsp3) is 0.647. The van der Waals surface area contributed by atoms with E-state index in [1.165, 1.54) is 12.1 Å². The monoisotopic (exact) mass is 354 g/mol. The predicted molar refractivity (Wildman–Crippen MR) is 88.4 cm³/mol. The molecule has 1 saturated carbocycles. The van der Waals surface area contributed by atoms with Gasteiger partial charge in [-0.1, -0.05) is 0 Å². The lowest BCUT2D eigenvalue weighted by Gasteiger charge is -2.36. The van der Waals surface area contributed by atoms with Crippen molar-refractivity contribution in [3.63, 3.8) is 0 Å². The molecule has 3 fully saturated rings. The zero-order chi connectivity index (χ0) is 16.7. The second kappa shape index (κ2) is 6.28. The summed E-state index contributed by atoms with van der Waals surface area (Å²) in [7, 11) is -3.40. The van der Waals surface area contributed by atoms with E-state index < -0.39 is 10.2 Å². The molecule has 2 aliphatic heterocycles. The van der Waals surface area contributed by atoms with E-state index in [1.807, 2.05) is 0 Å². The Morgan fingerprint density at radius 3 is 2.54 bits per heavy atom. The third-order valence-corrected chi connectivity index (χ3v) is 7.69. The molecule has 0 N–H and O–H groups in total. The first-order valence-electron chi connectivity index (χ1n) is 8.73. The molecule has 0 spiro atoms. The van der Waals surface area contributed by atoms with Gasteiger partial charge >= 0.3 is 0 Å². The summed E-state index contributed by atoms with van der Waals surface area (Å²) in [4.78, 5) is 0. The van der Waals surface area contributed by atoms with E-state index in [0.717, 1.165) is 32.1 Å². The van der Waals surface area contributed by atoms with Gasteiger partial charge in [0.1, 0.15) is 18.2 Å². The third kappa shape index (κ3) is 2.82. The SMILES string of the molecule is O=S(=O)(N1CCCC1)N1[C@H]2CC[C@@H](C2)[C@H]1COc1ccc(F)cc1. The first-order valence-corrected chi connectivity index (χ1v) is 10.1. The highest BCUT2D eigenvalue weighted by atomic mass is 32.2. The topological polar surface area (TPSA) is 49.9 Å². The molecule has 3 aliphatic rings. The number of fused-ring (bicyclic) bond motifs is 2. The van der Waals surface area contributed by atoms with Crippen LogP contribution in [0.25, 0.3) is 0 Å². The molecule has 7 heteroatoms. The largest absolute Gasteiger partial charge is 0.492 e. The number of hydrogen-bond acceptors (Lipinski definition) is 3. The molecule has 1 aliphatic carbocycles. The van der Waals surface area contributed by atoms with Crippen LogP contribution in [0.3, 0.4) is 0 Å². The molecule has 24 heavy (non-hydrogen) atoms. The van der Waals surface area contributed by atoms with Crippen LogP contribution in [0.4, 0.5) is 4.39 Å². The average molecular weight is 354 g/mol. The summed E-state index contributed by atoms with van der Waals surface area (Å²) in [5, 5.41) is 0. The molecular formula is C17H23FN2O3S.